The summed E-state index contributed by atoms with van der Waals surface area (Å²) in [4.78, 5) is 25.9. The molecule has 0 unspecified atom stereocenters. The number of nitrogens with zero attached hydrogens (tertiary/aromatic N) is 2. The Bertz CT molecular complexity index is 694. The maximum absolute atomic E-state index is 12.4. The first-order valence-electron chi connectivity index (χ1n) is 10.7. The van der Waals surface area contributed by atoms with E-state index in [-0.39, 0.29) is 12.5 Å². The molecule has 1 amide bonds. The van der Waals surface area contributed by atoms with Crippen LogP contribution in [-0.2, 0) is 9.59 Å². The van der Waals surface area contributed by atoms with Crippen LogP contribution in [0.15, 0.2) is 24.3 Å². The van der Waals surface area contributed by atoms with Crippen molar-refractivity contribution in [3.63, 3.8) is 0 Å². The molecular formula is C22H31F3N2O4. The summed E-state index contributed by atoms with van der Waals surface area (Å²) in [6.45, 7) is 6.43. The van der Waals surface area contributed by atoms with Gasteiger partial charge >= 0.3 is 12.1 Å². The van der Waals surface area contributed by atoms with E-state index in [0.29, 0.717) is 6.04 Å². The molecule has 0 aromatic heterocycles. The number of rotatable bonds is 4. The zero-order valence-electron chi connectivity index (χ0n) is 17.9. The second kappa shape index (κ2) is 11.9. The lowest BCUT2D eigenvalue weighted by Crippen LogP contribution is -2.48. The number of aliphatic carboxylic acids is 1. The summed E-state index contributed by atoms with van der Waals surface area (Å²) in [5, 5.41) is 7.12. The smallest absolute Gasteiger partial charge is 0.484 e. The minimum Gasteiger partial charge on any atom is -0.484 e. The van der Waals surface area contributed by atoms with Crippen LogP contribution in [0, 0.1) is 6.92 Å². The number of hydrogen-bond donors (Lipinski definition) is 1. The molecule has 6 nitrogen and oxygen atoms in total. The van der Waals surface area contributed by atoms with Gasteiger partial charge < -0.3 is 19.6 Å². The first kappa shape index (κ1) is 25.0. The van der Waals surface area contributed by atoms with Crippen LogP contribution in [0.2, 0.25) is 0 Å². The van der Waals surface area contributed by atoms with E-state index < -0.39 is 12.1 Å². The molecule has 0 radical (unpaired) electrons. The van der Waals surface area contributed by atoms with Gasteiger partial charge in [0.05, 0.1) is 0 Å². The molecule has 0 aliphatic carbocycles. The molecule has 2 heterocycles. The van der Waals surface area contributed by atoms with E-state index >= 15 is 0 Å². The monoisotopic (exact) mass is 444 g/mol. The van der Waals surface area contributed by atoms with Crippen molar-refractivity contribution in [1.82, 2.24) is 9.80 Å². The summed E-state index contributed by atoms with van der Waals surface area (Å²) in [6, 6.07) is 8.53. The lowest BCUT2D eigenvalue weighted by Gasteiger charge is -2.38. The number of aryl methyl sites for hydroxylation is 1. The largest absolute Gasteiger partial charge is 0.490 e. The molecule has 3 rings (SSSR count). The molecule has 2 aliphatic heterocycles. The van der Waals surface area contributed by atoms with Gasteiger partial charge in [-0.25, -0.2) is 4.79 Å². The van der Waals surface area contributed by atoms with Gasteiger partial charge in [-0.05, 0) is 57.8 Å². The Balaban J connectivity index is 0.000000423. The molecule has 1 N–H and O–H groups in total. The highest BCUT2D eigenvalue weighted by molar-refractivity contribution is 5.77. The summed E-state index contributed by atoms with van der Waals surface area (Å²) in [6.07, 6.45) is 2.56. The second-order valence-corrected chi connectivity index (χ2v) is 7.97. The lowest BCUT2D eigenvalue weighted by atomic mass is 10.0. The van der Waals surface area contributed by atoms with Crippen molar-refractivity contribution in [2.24, 2.45) is 0 Å². The maximum Gasteiger partial charge on any atom is 0.490 e. The molecule has 1 aromatic carbocycles. The summed E-state index contributed by atoms with van der Waals surface area (Å²) in [5.41, 5.74) is 1.20. The fraction of sp³-hybridized carbons (Fsp3) is 0.636. The number of halogens is 3. The van der Waals surface area contributed by atoms with Gasteiger partial charge in [-0.1, -0.05) is 30.5 Å². The number of piperidine rings is 1. The SMILES string of the molecule is Cc1ccc(OCC(=O)N2CCC(N3CCCCCC3)CC2)cc1.O=C(O)C(F)(F)F. The minimum absolute atomic E-state index is 0.116. The molecule has 2 fully saturated rings. The van der Waals surface area contributed by atoms with E-state index in [9.17, 15) is 18.0 Å². The Morgan fingerprint density at radius 3 is 2.00 bits per heavy atom. The van der Waals surface area contributed by atoms with Crippen molar-refractivity contribution in [2.75, 3.05) is 32.8 Å². The molecule has 174 valence electrons. The number of likely N-dealkylation sites (tertiary alicyclic amines) is 2. The molecule has 9 heteroatoms. The normalized spacial score (nSPS) is 18.5. The number of amides is 1. The van der Waals surface area contributed by atoms with Gasteiger partial charge in [-0.3, -0.25) is 4.79 Å². The molecule has 0 spiro atoms. The van der Waals surface area contributed by atoms with Gasteiger partial charge in [0.1, 0.15) is 5.75 Å². The fourth-order valence-electron chi connectivity index (χ4n) is 3.81. The highest BCUT2D eigenvalue weighted by atomic mass is 19.4. The summed E-state index contributed by atoms with van der Waals surface area (Å²) in [7, 11) is 0. The van der Waals surface area contributed by atoms with Crippen molar-refractivity contribution in [3.8, 4) is 5.75 Å². The van der Waals surface area contributed by atoms with E-state index in [1.165, 1.54) is 44.3 Å². The van der Waals surface area contributed by atoms with Crippen molar-refractivity contribution in [2.45, 2.75) is 57.7 Å². The number of carbonyl (C=O) groups is 2. The second-order valence-electron chi connectivity index (χ2n) is 7.97. The minimum atomic E-state index is -5.08. The van der Waals surface area contributed by atoms with Crippen molar-refractivity contribution >= 4 is 11.9 Å². The van der Waals surface area contributed by atoms with Crippen LogP contribution in [0.4, 0.5) is 13.2 Å². The maximum atomic E-state index is 12.4. The molecule has 2 saturated heterocycles. The van der Waals surface area contributed by atoms with Crippen LogP contribution in [0.25, 0.3) is 0 Å². The number of ether oxygens (including phenoxy) is 1. The number of hydrogen-bond acceptors (Lipinski definition) is 4. The fourth-order valence-corrected chi connectivity index (χ4v) is 3.81. The van der Waals surface area contributed by atoms with Crippen LogP contribution in [0.1, 0.15) is 44.1 Å². The number of carbonyl (C=O) groups excluding carboxylic acids is 1. The van der Waals surface area contributed by atoms with E-state index in [1.807, 2.05) is 36.1 Å². The quantitative estimate of drug-likeness (QED) is 0.764. The zero-order valence-corrected chi connectivity index (χ0v) is 17.9. The lowest BCUT2D eigenvalue weighted by molar-refractivity contribution is -0.192. The van der Waals surface area contributed by atoms with Crippen molar-refractivity contribution in [1.29, 1.82) is 0 Å². The molecule has 2 aliphatic rings. The third-order valence-electron chi connectivity index (χ3n) is 5.60. The third-order valence-corrected chi connectivity index (χ3v) is 5.60. The Kier molecular flexibility index (Phi) is 9.61. The Labute approximate surface area is 181 Å². The third kappa shape index (κ3) is 8.77. The van der Waals surface area contributed by atoms with Crippen LogP contribution in [-0.4, -0.2) is 71.8 Å². The molecular weight excluding hydrogens is 413 g/mol. The zero-order chi connectivity index (χ0) is 22.9. The number of benzene rings is 1. The summed E-state index contributed by atoms with van der Waals surface area (Å²) >= 11 is 0. The van der Waals surface area contributed by atoms with Crippen LogP contribution >= 0.6 is 0 Å². The predicted octanol–water partition coefficient (Wildman–Crippen LogP) is 3.87. The summed E-state index contributed by atoms with van der Waals surface area (Å²) < 4.78 is 37.4. The number of carboxylic acids is 1. The topological polar surface area (TPSA) is 70.1 Å². The van der Waals surface area contributed by atoms with Gasteiger partial charge in [0.25, 0.3) is 5.91 Å². The summed E-state index contributed by atoms with van der Waals surface area (Å²) in [5.74, 6) is -1.87. The van der Waals surface area contributed by atoms with Gasteiger partial charge in [-0.2, -0.15) is 13.2 Å². The highest BCUT2D eigenvalue weighted by Crippen LogP contribution is 2.21. The van der Waals surface area contributed by atoms with E-state index in [2.05, 4.69) is 4.90 Å². The van der Waals surface area contributed by atoms with E-state index in [4.69, 9.17) is 14.6 Å². The van der Waals surface area contributed by atoms with Crippen molar-refractivity contribution < 1.29 is 32.6 Å². The Morgan fingerprint density at radius 2 is 1.52 bits per heavy atom. The van der Waals surface area contributed by atoms with Gasteiger partial charge in [0.2, 0.25) is 0 Å². The number of alkyl halides is 3. The van der Waals surface area contributed by atoms with E-state index in [0.717, 1.165) is 31.7 Å². The first-order chi connectivity index (χ1) is 14.7. The average Bonchev–Trinajstić information content (AvgIpc) is 3.02. The van der Waals surface area contributed by atoms with Crippen LogP contribution < -0.4 is 4.74 Å². The molecule has 1 aromatic rings. The molecule has 0 atom stereocenters. The highest BCUT2D eigenvalue weighted by Gasteiger charge is 2.38. The van der Waals surface area contributed by atoms with Gasteiger partial charge in [0, 0.05) is 19.1 Å². The van der Waals surface area contributed by atoms with Gasteiger partial charge in [0.15, 0.2) is 6.61 Å². The average molecular weight is 444 g/mol. The van der Waals surface area contributed by atoms with Gasteiger partial charge in [-0.15, -0.1) is 0 Å². The molecule has 31 heavy (non-hydrogen) atoms. The Morgan fingerprint density at radius 1 is 1.00 bits per heavy atom. The van der Waals surface area contributed by atoms with Crippen LogP contribution in [0.3, 0.4) is 0 Å². The van der Waals surface area contributed by atoms with Crippen LogP contribution in [0.5, 0.6) is 5.75 Å². The first-order valence-corrected chi connectivity index (χ1v) is 10.7. The predicted molar refractivity (Wildman–Crippen MR) is 110 cm³/mol. The Hall–Kier alpha value is -2.29. The van der Waals surface area contributed by atoms with E-state index in [1.54, 1.807) is 0 Å². The molecule has 0 bridgehead atoms. The molecule has 0 saturated carbocycles. The van der Waals surface area contributed by atoms with Crippen molar-refractivity contribution in [3.05, 3.63) is 29.8 Å². The number of carboxylic acid groups (broad SMARTS) is 1. The standard InChI is InChI=1S/C20H30N2O2.C2HF3O2/c1-17-6-8-19(9-7-17)24-16-20(23)22-14-10-18(11-15-22)21-12-4-2-3-5-13-21;3-2(4,5)1(6)7/h6-9,18H,2-5,10-16H2,1H3;(H,6,7).